The zero-order chi connectivity index (χ0) is 14.8. The quantitative estimate of drug-likeness (QED) is 0.850. The van der Waals surface area contributed by atoms with Gasteiger partial charge >= 0.3 is 0 Å². The van der Waals surface area contributed by atoms with Crippen LogP contribution in [0.1, 0.15) is 18.9 Å². The molecule has 1 saturated heterocycles. The SMILES string of the molecule is O=c1c(Cl)c(Cl)cnn1C1CCN(c2ccccc2)CC1. The molecule has 2 heterocycles. The minimum atomic E-state index is -0.303. The highest BCUT2D eigenvalue weighted by atomic mass is 35.5. The molecule has 4 nitrogen and oxygen atoms in total. The first-order valence-electron chi connectivity index (χ1n) is 6.89. The number of halogens is 2. The molecule has 1 aromatic carbocycles. The third-order valence-electron chi connectivity index (χ3n) is 3.83. The average molecular weight is 324 g/mol. The molecule has 2 aromatic rings. The molecule has 0 N–H and O–H groups in total. The molecular weight excluding hydrogens is 309 g/mol. The number of anilines is 1. The fraction of sp³-hybridized carbons (Fsp3) is 0.333. The molecule has 1 aliphatic rings. The van der Waals surface area contributed by atoms with E-state index in [-0.39, 0.29) is 21.6 Å². The van der Waals surface area contributed by atoms with Crippen molar-refractivity contribution >= 4 is 28.9 Å². The maximum atomic E-state index is 12.1. The van der Waals surface area contributed by atoms with Crippen LogP contribution in [0.15, 0.2) is 41.3 Å². The number of hydrogen-bond acceptors (Lipinski definition) is 3. The van der Waals surface area contributed by atoms with Crippen molar-refractivity contribution in [1.82, 2.24) is 9.78 Å². The van der Waals surface area contributed by atoms with Gasteiger partial charge in [0.15, 0.2) is 0 Å². The summed E-state index contributed by atoms with van der Waals surface area (Å²) < 4.78 is 1.47. The van der Waals surface area contributed by atoms with Gasteiger partial charge in [-0.15, -0.1) is 0 Å². The summed E-state index contributed by atoms with van der Waals surface area (Å²) in [6.45, 7) is 1.78. The van der Waals surface area contributed by atoms with Gasteiger partial charge in [-0.2, -0.15) is 5.10 Å². The highest BCUT2D eigenvalue weighted by molar-refractivity contribution is 6.41. The Bertz CT molecular complexity index is 679. The fourth-order valence-electron chi connectivity index (χ4n) is 2.69. The summed E-state index contributed by atoms with van der Waals surface area (Å²) in [5, 5.41) is 4.39. The van der Waals surface area contributed by atoms with E-state index in [4.69, 9.17) is 23.2 Å². The standard InChI is InChI=1S/C15H15Cl2N3O/c16-13-10-18-20(15(21)14(13)17)12-6-8-19(9-7-12)11-4-2-1-3-5-11/h1-5,10,12H,6-9H2. The van der Waals surface area contributed by atoms with Crippen LogP contribution in [0, 0.1) is 0 Å². The second kappa shape index (κ2) is 6.08. The molecule has 1 aliphatic heterocycles. The Hall–Kier alpha value is -1.52. The third-order valence-corrected chi connectivity index (χ3v) is 4.58. The van der Waals surface area contributed by atoms with Gasteiger partial charge < -0.3 is 4.90 Å². The van der Waals surface area contributed by atoms with E-state index in [0.717, 1.165) is 25.9 Å². The van der Waals surface area contributed by atoms with Gasteiger partial charge in [-0.25, -0.2) is 4.68 Å². The van der Waals surface area contributed by atoms with Crippen molar-refractivity contribution in [3.05, 3.63) is 56.9 Å². The molecule has 6 heteroatoms. The van der Waals surface area contributed by atoms with Gasteiger partial charge in [-0.05, 0) is 25.0 Å². The van der Waals surface area contributed by atoms with E-state index in [9.17, 15) is 4.79 Å². The highest BCUT2D eigenvalue weighted by Crippen LogP contribution is 2.26. The number of hydrogen-bond donors (Lipinski definition) is 0. The summed E-state index contributed by atoms with van der Waals surface area (Å²) in [6, 6.07) is 10.4. The van der Waals surface area contributed by atoms with Gasteiger partial charge in [-0.1, -0.05) is 41.4 Å². The van der Waals surface area contributed by atoms with Crippen molar-refractivity contribution in [2.75, 3.05) is 18.0 Å². The minimum Gasteiger partial charge on any atom is -0.371 e. The molecule has 0 atom stereocenters. The molecule has 0 radical (unpaired) electrons. The average Bonchev–Trinajstić information content (AvgIpc) is 2.54. The van der Waals surface area contributed by atoms with E-state index in [1.165, 1.54) is 16.6 Å². The molecular formula is C15H15Cl2N3O. The summed E-state index contributed by atoms with van der Waals surface area (Å²) in [5.74, 6) is 0. The lowest BCUT2D eigenvalue weighted by Crippen LogP contribution is -2.38. The number of aromatic nitrogens is 2. The van der Waals surface area contributed by atoms with Crippen LogP contribution in [0.3, 0.4) is 0 Å². The van der Waals surface area contributed by atoms with Crippen molar-refractivity contribution in [3.63, 3.8) is 0 Å². The Morgan fingerprint density at radius 2 is 1.76 bits per heavy atom. The van der Waals surface area contributed by atoms with Gasteiger partial charge in [0.05, 0.1) is 17.3 Å². The van der Waals surface area contributed by atoms with Crippen molar-refractivity contribution in [2.45, 2.75) is 18.9 Å². The van der Waals surface area contributed by atoms with Crippen LogP contribution in [-0.2, 0) is 0 Å². The number of para-hydroxylation sites is 1. The monoisotopic (exact) mass is 323 g/mol. The van der Waals surface area contributed by atoms with Crippen molar-refractivity contribution in [1.29, 1.82) is 0 Å². The number of benzene rings is 1. The van der Waals surface area contributed by atoms with Gasteiger partial charge in [0.25, 0.3) is 5.56 Å². The lowest BCUT2D eigenvalue weighted by atomic mass is 10.0. The van der Waals surface area contributed by atoms with Crippen LogP contribution < -0.4 is 10.5 Å². The minimum absolute atomic E-state index is 0.0529. The first-order chi connectivity index (χ1) is 10.2. The maximum absolute atomic E-state index is 12.1. The third kappa shape index (κ3) is 2.92. The Balaban J connectivity index is 1.75. The van der Waals surface area contributed by atoms with Gasteiger partial charge in [0.1, 0.15) is 5.02 Å². The second-order valence-corrected chi connectivity index (χ2v) is 5.90. The second-order valence-electron chi connectivity index (χ2n) is 5.11. The molecule has 110 valence electrons. The molecule has 3 rings (SSSR count). The summed E-state index contributed by atoms with van der Waals surface area (Å²) in [6.07, 6.45) is 3.16. The zero-order valence-electron chi connectivity index (χ0n) is 11.4. The van der Waals surface area contributed by atoms with E-state index < -0.39 is 0 Å². The predicted molar refractivity (Wildman–Crippen MR) is 85.4 cm³/mol. The van der Waals surface area contributed by atoms with Crippen LogP contribution in [0.2, 0.25) is 10.0 Å². The lowest BCUT2D eigenvalue weighted by molar-refractivity contribution is 0.353. The molecule has 1 fully saturated rings. The summed E-state index contributed by atoms with van der Waals surface area (Å²) >= 11 is 11.7. The summed E-state index contributed by atoms with van der Waals surface area (Å²) in [5.41, 5.74) is 0.910. The molecule has 0 aliphatic carbocycles. The fourth-order valence-corrected chi connectivity index (χ4v) is 2.95. The molecule has 0 saturated carbocycles. The van der Waals surface area contributed by atoms with Crippen LogP contribution >= 0.6 is 23.2 Å². The zero-order valence-corrected chi connectivity index (χ0v) is 12.9. The van der Waals surface area contributed by atoms with Gasteiger partial charge in [0, 0.05) is 18.8 Å². The Kier molecular flexibility index (Phi) is 4.17. The number of piperidine rings is 1. The highest BCUT2D eigenvalue weighted by Gasteiger charge is 2.23. The smallest absolute Gasteiger partial charge is 0.287 e. The van der Waals surface area contributed by atoms with Crippen LogP contribution in [-0.4, -0.2) is 22.9 Å². The maximum Gasteiger partial charge on any atom is 0.287 e. The molecule has 21 heavy (non-hydrogen) atoms. The Morgan fingerprint density at radius 1 is 1.10 bits per heavy atom. The first-order valence-corrected chi connectivity index (χ1v) is 7.65. The van der Waals surface area contributed by atoms with Gasteiger partial charge in [0.2, 0.25) is 0 Å². The van der Waals surface area contributed by atoms with Crippen LogP contribution in [0.25, 0.3) is 0 Å². The van der Waals surface area contributed by atoms with E-state index in [1.807, 2.05) is 18.2 Å². The van der Waals surface area contributed by atoms with E-state index in [1.54, 1.807) is 0 Å². The summed E-state index contributed by atoms with van der Waals surface area (Å²) in [4.78, 5) is 14.4. The molecule has 0 spiro atoms. The van der Waals surface area contributed by atoms with Crippen molar-refractivity contribution in [3.8, 4) is 0 Å². The van der Waals surface area contributed by atoms with Crippen LogP contribution in [0.4, 0.5) is 5.69 Å². The van der Waals surface area contributed by atoms with E-state index in [0.29, 0.717) is 0 Å². The first kappa shape index (κ1) is 14.4. The van der Waals surface area contributed by atoms with Gasteiger partial charge in [-0.3, -0.25) is 4.79 Å². The Morgan fingerprint density at radius 3 is 2.43 bits per heavy atom. The lowest BCUT2D eigenvalue weighted by Gasteiger charge is -2.33. The molecule has 1 aromatic heterocycles. The number of nitrogens with zero attached hydrogens (tertiary/aromatic N) is 3. The normalized spacial score (nSPS) is 16.2. The summed E-state index contributed by atoms with van der Waals surface area (Å²) in [7, 11) is 0. The van der Waals surface area contributed by atoms with Crippen molar-refractivity contribution in [2.24, 2.45) is 0 Å². The van der Waals surface area contributed by atoms with Crippen LogP contribution in [0.5, 0.6) is 0 Å². The molecule has 0 amide bonds. The Labute approximate surface area is 132 Å². The largest absolute Gasteiger partial charge is 0.371 e. The predicted octanol–water partition coefficient (Wildman–Crippen LogP) is 3.39. The molecule has 0 unspecified atom stereocenters. The van der Waals surface area contributed by atoms with Crippen molar-refractivity contribution < 1.29 is 0 Å². The number of rotatable bonds is 2. The topological polar surface area (TPSA) is 38.1 Å². The van der Waals surface area contributed by atoms with E-state index in [2.05, 4.69) is 22.1 Å². The van der Waals surface area contributed by atoms with E-state index >= 15 is 0 Å². The molecule has 0 bridgehead atoms.